The molecule has 1 N–H and O–H groups in total. The topological polar surface area (TPSA) is 75.7 Å². The van der Waals surface area contributed by atoms with Gasteiger partial charge in [-0.1, -0.05) is 24.3 Å². The van der Waals surface area contributed by atoms with Gasteiger partial charge >= 0.3 is 0 Å². The SMILES string of the molecule is O=C(NCC1CCCO1)c1cccc(S(=O)(=O)N2CCCc3ccccc32)c1. The molecule has 1 atom stereocenters. The Morgan fingerprint density at radius 2 is 2.00 bits per heavy atom. The standard InChI is InChI=1S/C21H24N2O4S/c24-21(22-15-18-9-5-13-27-18)17-7-3-10-19(14-17)28(25,26)23-12-4-8-16-6-1-2-11-20(16)23/h1-3,6-7,10-11,14,18H,4-5,8-9,12-13,15H2,(H,22,24). The molecular weight excluding hydrogens is 376 g/mol. The zero-order chi connectivity index (χ0) is 19.6. The summed E-state index contributed by atoms with van der Waals surface area (Å²) in [7, 11) is -3.73. The van der Waals surface area contributed by atoms with Crippen LogP contribution in [-0.4, -0.2) is 40.1 Å². The molecule has 6 nitrogen and oxygen atoms in total. The van der Waals surface area contributed by atoms with E-state index in [-0.39, 0.29) is 16.9 Å². The molecule has 2 heterocycles. The van der Waals surface area contributed by atoms with E-state index in [2.05, 4.69) is 5.32 Å². The number of para-hydroxylation sites is 1. The summed E-state index contributed by atoms with van der Waals surface area (Å²) in [4.78, 5) is 12.6. The molecule has 1 amide bonds. The summed E-state index contributed by atoms with van der Waals surface area (Å²) in [6.07, 6.45) is 3.63. The van der Waals surface area contributed by atoms with Crippen LogP contribution in [0.3, 0.4) is 0 Å². The summed E-state index contributed by atoms with van der Waals surface area (Å²) in [6.45, 7) is 1.61. The first-order chi connectivity index (χ1) is 13.6. The number of benzene rings is 2. The summed E-state index contributed by atoms with van der Waals surface area (Å²) in [6, 6.07) is 13.8. The number of aryl methyl sites for hydroxylation is 1. The van der Waals surface area contributed by atoms with Gasteiger partial charge in [0.15, 0.2) is 0 Å². The van der Waals surface area contributed by atoms with Gasteiger partial charge < -0.3 is 10.1 Å². The highest BCUT2D eigenvalue weighted by Crippen LogP contribution is 2.31. The number of nitrogens with zero attached hydrogens (tertiary/aromatic N) is 1. The molecule has 0 bridgehead atoms. The maximum Gasteiger partial charge on any atom is 0.264 e. The number of amides is 1. The number of sulfonamides is 1. The molecule has 0 aliphatic carbocycles. The Labute approximate surface area is 165 Å². The maximum atomic E-state index is 13.3. The van der Waals surface area contributed by atoms with E-state index in [1.165, 1.54) is 10.4 Å². The molecule has 28 heavy (non-hydrogen) atoms. The second kappa shape index (κ2) is 7.93. The normalized spacial score (nSPS) is 19.3. The number of nitrogens with one attached hydrogen (secondary N) is 1. The highest BCUT2D eigenvalue weighted by Gasteiger charge is 2.29. The largest absolute Gasteiger partial charge is 0.376 e. The molecule has 2 aromatic rings. The first-order valence-corrected chi connectivity index (χ1v) is 11.1. The van der Waals surface area contributed by atoms with Crippen LogP contribution in [-0.2, 0) is 21.2 Å². The van der Waals surface area contributed by atoms with Gasteiger partial charge in [-0.2, -0.15) is 0 Å². The summed E-state index contributed by atoms with van der Waals surface area (Å²) in [5, 5.41) is 2.84. The van der Waals surface area contributed by atoms with Gasteiger partial charge in [0.2, 0.25) is 0 Å². The highest BCUT2D eigenvalue weighted by atomic mass is 32.2. The smallest absolute Gasteiger partial charge is 0.264 e. The molecule has 148 valence electrons. The Kier molecular flexibility index (Phi) is 5.37. The van der Waals surface area contributed by atoms with Crippen LogP contribution in [0.1, 0.15) is 35.2 Å². The predicted molar refractivity (Wildman–Crippen MR) is 107 cm³/mol. The van der Waals surface area contributed by atoms with Gasteiger partial charge in [-0.15, -0.1) is 0 Å². The van der Waals surface area contributed by atoms with E-state index in [1.54, 1.807) is 18.2 Å². The average molecular weight is 401 g/mol. The van der Waals surface area contributed by atoms with Crippen LogP contribution in [0.2, 0.25) is 0 Å². The van der Waals surface area contributed by atoms with Crippen molar-refractivity contribution in [2.75, 3.05) is 24.0 Å². The van der Waals surface area contributed by atoms with Crippen molar-refractivity contribution >= 4 is 21.6 Å². The molecule has 1 unspecified atom stereocenters. The van der Waals surface area contributed by atoms with Crippen molar-refractivity contribution in [1.82, 2.24) is 5.32 Å². The lowest BCUT2D eigenvalue weighted by Gasteiger charge is -2.30. The Bertz CT molecular complexity index is 968. The van der Waals surface area contributed by atoms with Crippen LogP contribution in [0.15, 0.2) is 53.4 Å². The van der Waals surface area contributed by atoms with Crippen LogP contribution in [0.4, 0.5) is 5.69 Å². The molecule has 1 saturated heterocycles. The van der Waals surface area contributed by atoms with Crippen molar-refractivity contribution in [1.29, 1.82) is 0 Å². The highest BCUT2D eigenvalue weighted by molar-refractivity contribution is 7.92. The Morgan fingerprint density at radius 1 is 1.14 bits per heavy atom. The minimum absolute atomic E-state index is 0.0423. The monoisotopic (exact) mass is 400 g/mol. The minimum Gasteiger partial charge on any atom is -0.376 e. The third-order valence-corrected chi connectivity index (χ3v) is 7.08. The van der Waals surface area contributed by atoms with Gasteiger partial charge in [-0.3, -0.25) is 9.10 Å². The third-order valence-electron chi connectivity index (χ3n) is 5.27. The molecule has 2 aromatic carbocycles. The lowest BCUT2D eigenvalue weighted by atomic mass is 10.0. The fourth-order valence-electron chi connectivity index (χ4n) is 3.79. The lowest BCUT2D eigenvalue weighted by molar-refractivity contribution is 0.0857. The number of rotatable bonds is 5. The molecule has 2 aliphatic rings. The number of hydrogen-bond donors (Lipinski definition) is 1. The van der Waals surface area contributed by atoms with Crippen molar-refractivity contribution in [2.24, 2.45) is 0 Å². The first kappa shape index (κ1) is 19.0. The number of carbonyl (C=O) groups is 1. The van der Waals surface area contributed by atoms with Crippen LogP contribution in [0.5, 0.6) is 0 Å². The number of hydrogen-bond acceptors (Lipinski definition) is 4. The van der Waals surface area contributed by atoms with Crippen LogP contribution in [0.25, 0.3) is 0 Å². The van der Waals surface area contributed by atoms with Gasteiger partial charge in [-0.25, -0.2) is 8.42 Å². The number of anilines is 1. The Balaban J connectivity index is 1.56. The lowest BCUT2D eigenvalue weighted by Crippen LogP contribution is -2.35. The van der Waals surface area contributed by atoms with Crippen molar-refractivity contribution < 1.29 is 17.9 Å². The summed E-state index contributed by atoms with van der Waals surface area (Å²) in [5.41, 5.74) is 2.09. The zero-order valence-electron chi connectivity index (χ0n) is 15.6. The molecule has 0 saturated carbocycles. The Hall–Kier alpha value is -2.38. The van der Waals surface area contributed by atoms with Gasteiger partial charge in [0.1, 0.15) is 0 Å². The fraction of sp³-hybridized carbons (Fsp3) is 0.381. The van der Waals surface area contributed by atoms with Crippen molar-refractivity contribution in [3.8, 4) is 0 Å². The summed E-state index contributed by atoms with van der Waals surface area (Å²) >= 11 is 0. The van der Waals surface area contributed by atoms with E-state index in [0.29, 0.717) is 18.7 Å². The minimum atomic E-state index is -3.73. The summed E-state index contributed by atoms with van der Waals surface area (Å²) in [5.74, 6) is -0.286. The van der Waals surface area contributed by atoms with Crippen molar-refractivity contribution in [3.05, 3.63) is 59.7 Å². The van der Waals surface area contributed by atoms with E-state index in [1.807, 2.05) is 24.3 Å². The van der Waals surface area contributed by atoms with E-state index in [9.17, 15) is 13.2 Å². The van der Waals surface area contributed by atoms with Gasteiger partial charge in [0.05, 0.1) is 16.7 Å². The van der Waals surface area contributed by atoms with Crippen LogP contribution < -0.4 is 9.62 Å². The van der Waals surface area contributed by atoms with E-state index in [4.69, 9.17) is 4.74 Å². The fourth-order valence-corrected chi connectivity index (χ4v) is 5.38. The molecule has 7 heteroatoms. The first-order valence-electron chi connectivity index (χ1n) is 9.66. The predicted octanol–water partition coefficient (Wildman–Crippen LogP) is 2.74. The zero-order valence-corrected chi connectivity index (χ0v) is 16.5. The van der Waals surface area contributed by atoms with Crippen LogP contribution >= 0.6 is 0 Å². The van der Waals surface area contributed by atoms with Crippen molar-refractivity contribution in [3.63, 3.8) is 0 Å². The molecular formula is C21H24N2O4S. The maximum absolute atomic E-state index is 13.3. The molecule has 0 spiro atoms. The molecule has 2 aliphatic heterocycles. The third kappa shape index (κ3) is 3.77. The van der Waals surface area contributed by atoms with Gasteiger partial charge in [-0.05, 0) is 55.5 Å². The van der Waals surface area contributed by atoms with Gasteiger partial charge in [0.25, 0.3) is 15.9 Å². The van der Waals surface area contributed by atoms with Crippen molar-refractivity contribution in [2.45, 2.75) is 36.7 Å². The van der Waals surface area contributed by atoms with E-state index < -0.39 is 10.0 Å². The molecule has 0 aromatic heterocycles. The second-order valence-corrected chi connectivity index (χ2v) is 9.04. The van der Waals surface area contributed by atoms with E-state index >= 15 is 0 Å². The number of fused-ring (bicyclic) bond motifs is 1. The van der Waals surface area contributed by atoms with E-state index in [0.717, 1.165) is 43.5 Å². The molecule has 0 radical (unpaired) electrons. The molecule has 4 rings (SSSR count). The quantitative estimate of drug-likeness (QED) is 0.837. The summed E-state index contributed by atoms with van der Waals surface area (Å²) < 4.78 is 33.5. The number of carbonyl (C=O) groups excluding carboxylic acids is 1. The molecule has 1 fully saturated rings. The number of ether oxygens (including phenoxy) is 1. The van der Waals surface area contributed by atoms with Gasteiger partial charge in [0, 0.05) is 25.3 Å². The van der Waals surface area contributed by atoms with Crippen LogP contribution in [0, 0.1) is 0 Å². The second-order valence-electron chi connectivity index (χ2n) is 7.18. The Morgan fingerprint density at radius 3 is 2.82 bits per heavy atom. The average Bonchev–Trinajstić information content (AvgIpc) is 3.25.